The summed E-state index contributed by atoms with van der Waals surface area (Å²) in [5.74, 6) is 0.610. The highest BCUT2D eigenvalue weighted by molar-refractivity contribution is 9.10. The zero-order valence-electron chi connectivity index (χ0n) is 8.92. The second-order valence-electron chi connectivity index (χ2n) is 4.66. The first-order chi connectivity index (χ1) is 6.93. The minimum absolute atomic E-state index is 0.306. The summed E-state index contributed by atoms with van der Waals surface area (Å²) in [5.41, 5.74) is -1.22. The SMILES string of the molecule is CC1(C)CC(O)(c2occc2Br)CCO1. The van der Waals surface area contributed by atoms with Crippen molar-refractivity contribution in [2.75, 3.05) is 6.61 Å². The highest BCUT2D eigenvalue weighted by atomic mass is 79.9. The van der Waals surface area contributed by atoms with Gasteiger partial charge in [-0.25, -0.2) is 0 Å². The Hall–Kier alpha value is -0.320. The van der Waals surface area contributed by atoms with Gasteiger partial charge in [0.25, 0.3) is 0 Å². The van der Waals surface area contributed by atoms with Crippen LogP contribution in [-0.4, -0.2) is 17.3 Å². The summed E-state index contributed by atoms with van der Waals surface area (Å²) in [5, 5.41) is 10.5. The quantitative estimate of drug-likeness (QED) is 0.857. The second kappa shape index (κ2) is 3.61. The Balaban J connectivity index is 2.31. The third-order valence-electron chi connectivity index (χ3n) is 2.77. The van der Waals surface area contributed by atoms with Crippen LogP contribution in [0.2, 0.25) is 0 Å². The molecule has 1 saturated heterocycles. The highest BCUT2D eigenvalue weighted by Crippen LogP contribution is 2.42. The summed E-state index contributed by atoms with van der Waals surface area (Å²) < 4.78 is 11.8. The fraction of sp³-hybridized carbons (Fsp3) is 0.636. The van der Waals surface area contributed by atoms with Crippen molar-refractivity contribution in [2.45, 2.75) is 37.9 Å². The molecule has 1 aromatic rings. The number of halogens is 1. The van der Waals surface area contributed by atoms with Gasteiger partial charge >= 0.3 is 0 Å². The van der Waals surface area contributed by atoms with E-state index in [-0.39, 0.29) is 5.60 Å². The van der Waals surface area contributed by atoms with Crippen LogP contribution in [0, 0.1) is 0 Å². The molecule has 0 aromatic carbocycles. The van der Waals surface area contributed by atoms with E-state index in [1.165, 1.54) is 0 Å². The van der Waals surface area contributed by atoms with E-state index in [4.69, 9.17) is 9.15 Å². The zero-order chi connectivity index (χ0) is 11.1. The highest BCUT2D eigenvalue weighted by Gasteiger charge is 2.43. The molecule has 0 saturated carbocycles. The van der Waals surface area contributed by atoms with Crippen molar-refractivity contribution in [1.29, 1.82) is 0 Å². The van der Waals surface area contributed by atoms with Crippen molar-refractivity contribution in [1.82, 2.24) is 0 Å². The molecule has 0 amide bonds. The van der Waals surface area contributed by atoms with Gasteiger partial charge in [0.15, 0.2) is 0 Å². The first-order valence-electron chi connectivity index (χ1n) is 5.03. The van der Waals surface area contributed by atoms with Gasteiger partial charge in [-0.05, 0) is 35.8 Å². The van der Waals surface area contributed by atoms with Gasteiger partial charge in [0.1, 0.15) is 11.4 Å². The van der Waals surface area contributed by atoms with Gasteiger partial charge in [0.05, 0.1) is 22.9 Å². The first-order valence-corrected chi connectivity index (χ1v) is 5.82. The van der Waals surface area contributed by atoms with Crippen LogP contribution >= 0.6 is 15.9 Å². The summed E-state index contributed by atoms with van der Waals surface area (Å²) in [7, 11) is 0. The van der Waals surface area contributed by atoms with E-state index in [0.717, 1.165) is 4.47 Å². The number of ether oxygens (including phenoxy) is 1. The molecule has 15 heavy (non-hydrogen) atoms. The van der Waals surface area contributed by atoms with E-state index in [1.54, 1.807) is 12.3 Å². The van der Waals surface area contributed by atoms with Gasteiger partial charge in [0, 0.05) is 12.8 Å². The molecule has 0 radical (unpaired) electrons. The summed E-state index contributed by atoms with van der Waals surface area (Å²) in [6.07, 6.45) is 2.70. The molecule has 1 N–H and O–H groups in total. The van der Waals surface area contributed by atoms with E-state index >= 15 is 0 Å². The zero-order valence-corrected chi connectivity index (χ0v) is 10.5. The molecule has 1 unspecified atom stereocenters. The smallest absolute Gasteiger partial charge is 0.149 e. The Labute approximate surface area is 97.5 Å². The lowest BCUT2D eigenvalue weighted by molar-refractivity contribution is -0.155. The Morgan fingerprint density at radius 1 is 1.47 bits per heavy atom. The summed E-state index contributed by atoms with van der Waals surface area (Å²) in [4.78, 5) is 0. The van der Waals surface area contributed by atoms with Gasteiger partial charge < -0.3 is 14.3 Å². The average molecular weight is 275 g/mol. The molecular weight excluding hydrogens is 260 g/mol. The lowest BCUT2D eigenvalue weighted by atomic mass is 9.82. The molecule has 1 aliphatic heterocycles. The van der Waals surface area contributed by atoms with Crippen LogP contribution < -0.4 is 0 Å². The maximum Gasteiger partial charge on any atom is 0.149 e. The van der Waals surface area contributed by atoms with Crippen LogP contribution in [0.5, 0.6) is 0 Å². The molecule has 2 heterocycles. The average Bonchev–Trinajstić information content (AvgIpc) is 2.49. The van der Waals surface area contributed by atoms with Crippen LogP contribution in [0.3, 0.4) is 0 Å². The first kappa shape index (κ1) is 11.2. The summed E-state index contributed by atoms with van der Waals surface area (Å²) in [6, 6.07) is 1.80. The van der Waals surface area contributed by atoms with E-state index in [0.29, 0.717) is 25.2 Å². The van der Waals surface area contributed by atoms with Crippen molar-refractivity contribution < 1.29 is 14.3 Å². The van der Waals surface area contributed by atoms with E-state index in [2.05, 4.69) is 15.9 Å². The van der Waals surface area contributed by atoms with Crippen molar-refractivity contribution in [3.8, 4) is 0 Å². The van der Waals surface area contributed by atoms with E-state index < -0.39 is 5.60 Å². The molecule has 1 atom stereocenters. The number of furan rings is 1. The summed E-state index contributed by atoms with van der Waals surface area (Å²) in [6.45, 7) is 4.51. The van der Waals surface area contributed by atoms with Gasteiger partial charge in [-0.3, -0.25) is 0 Å². The number of hydrogen-bond donors (Lipinski definition) is 1. The third-order valence-corrected chi connectivity index (χ3v) is 3.39. The minimum Gasteiger partial charge on any atom is -0.465 e. The Kier molecular flexibility index (Phi) is 2.69. The molecule has 3 nitrogen and oxygen atoms in total. The maximum absolute atomic E-state index is 10.5. The van der Waals surface area contributed by atoms with Crippen LogP contribution in [0.4, 0.5) is 0 Å². The predicted octanol–water partition coefficient (Wildman–Crippen LogP) is 2.82. The lowest BCUT2D eigenvalue weighted by Crippen LogP contribution is -2.43. The molecule has 4 heteroatoms. The van der Waals surface area contributed by atoms with Gasteiger partial charge in [0.2, 0.25) is 0 Å². The molecule has 84 valence electrons. The minimum atomic E-state index is -0.913. The van der Waals surface area contributed by atoms with E-state index in [9.17, 15) is 5.11 Å². The molecule has 1 fully saturated rings. The molecule has 0 bridgehead atoms. The van der Waals surface area contributed by atoms with Crippen LogP contribution in [0.1, 0.15) is 32.4 Å². The lowest BCUT2D eigenvalue weighted by Gasteiger charge is -2.40. The van der Waals surface area contributed by atoms with Crippen LogP contribution in [-0.2, 0) is 10.3 Å². The van der Waals surface area contributed by atoms with Crippen molar-refractivity contribution in [2.24, 2.45) is 0 Å². The maximum atomic E-state index is 10.5. The fourth-order valence-corrected chi connectivity index (χ4v) is 2.73. The Bertz CT molecular complexity index is 358. The molecule has 1 aliphatic rings. The standard InChI is InChI=1S/C11H15BrO3/c1-10(2)7-11(13,4-6-15-10)9-8(12)3-5-14-9/h3,5,13H,4,6-7H2,1-2H3. The monoisotopic (exact) mass is 274 g/mol. The Morgan fingerprint density at radius 3 is 2.73 bits per heavy atom. The van der Waals surface area contributed by atoms with E-state index in [1.807, 2.05) is 13.8 Å². The van der Waals surface area contributed by atoms with Crippen molar-refractivity contribution >= 4 is 15.9 Å². The van der Waals surface area contributed by atoms with Crippen molar-refractivity contribution in [3.63, 3.8) is 0 Å². The third kappa shape index (κ3) is 2.12. The van der Waals surface area contributed by atoms with Crippen molar-refractivity contribution in [3.05, 3.63) is 22.6 Å². The molecule has 0 spiro atoms. The van der Waals surface area contributed by atoms with Crippen LogP contribution in [0.25, 0.3) is 0 Å². The summed E-state index contributed by atoms with van der Waals surface area (Å²) >= 11 is 3.38. The molecule has 1 aromatic heterocycles. The topological polar surface area (TPSA) is 42.6 Å². The number of aliphatic hydroxyl groups is 1. The predicted molar refractivity (Wildman–Crippen MR) is 59.6 cm³/mol. The second-order valence-corrected chi connectivity index (χ2v) is 5.52. The molecule has 2 rings (SSSR count). The van der Waals surface area contributed by atoms with Crippen LogP contribution in [0.15, 0.2) is 21.2 Å². The number of hydrogen-bond acceptors (Lipinski definition) is 3. The largest absolute Gasteiger partial charge is 0.465 e. The Morgan fingerprint density at radius 2 is 2.20 bits per heavy atom. The van der Waals surface area contributed by atoms with Gasteiger partial charge in [-0.15, -0.1) is 0 Å². The van der Waals surface area contributed by atoms with Gasteiger partial charge in [-0.1, -0.05) is 0 Å². The number of rotatable bonds is 1. The fourth-order valence-electron chi connectivity index (χ4n) is 2.16. The normalized spacial score (nSPS) is 30.4. The molecular formula is C11H15BrO3. The van der Waals surface area contributed by atoms with Gasteiger partial charge in [-0.2, -0.15) is 0 Å². The molecule has 0 aliphatic carbocycles.